The van der Waals surface area contributed by atoms with E-state index < -0.39 is 12.0 Å². The highest BCUT2D eigenvalue weighted by Gasteiger charge is 2.20. The molecule has 0 radical (unpaired) electrons. The van der Waals surface area contributed by atoms with E-state index in [1.165, 1.54) is 6.42 Å². The number of aliphatic carboxylic acids is 1. The summed E-state index contributed by atoms with van der Waals surface area (Å²) in [6.45, 7) is 1.77. The van der Waals surface area contributed by atoms with Gasteiger partial charge in [0.1, 0.15) is 6.04 Å². The summed E-state index contributed by atoms with van der Waals surface area (Å²) in [5.74, 6) is -0.781. The van der Waals surface area contributed by atoms with Crippen molar-refractivity contribution >= 4 is 5.97 Å². The molecular formula is C14H20N2O2. The summed E-state index contributed by atoms with van der Waals surface area (Å²) in [7, 11) is 0. The maximum Gasteiger partial charge on any atom is 0.321 e. The summed E-state index contributed by atoms with van der Waals surface area (Å²) in [4.78, 5) is 11.2. The van der Waals surface area contributed by atoms with Crippen LogP contribution in [0.15, 0.2) is 30.3 Å². The van der Waals surface area contributed by atoms with Crippen LogP contribution in [-0.2, 0) is 11.2 Å². The van der Waals surface area contributed by atoms with E-state index >= 15 is 0 Å². The molecule has 0 aliphatic carbocycles. The van der Waals surface area contributed by atoms with Gasteiger partial charge in [-0.1, -0.05) is 30.3 Å². The lowest BCUT2D eigenvalue weighted by Crippen LogP contribution is -2.44. The number of rotatable bonds is 6. The Morgan fingerprint density at radius 3 is 2.83 bits per heavy atom. The van der Waals surface area contributed by atoms with E-state index in [0.717, 1.165) is 25.1 Å². The van der Waals surface area contributed by atoms with E-state index in [9.17, 15) is 9.90 Å². The molecule has 1 fully saturated rings. The smallest absolute Gasteiger partial charge is 0.321 e. The lowest BCUT2D eigenvalue weighted by molar-refractivity contribution is -0.139. The normalized spacial score (nSPS) is 20.8. The standard InChI is InChI=1S/C14H20N2O2/c17-14(18)13(9-11-5-2-1-3-6-11)16-10-12-7-4-8-15-12/h1-3,5-6,12-13,15-16H,4,7-10H2,(H,17,18)/t12-,13+/m0/s1. The minimum atomic E-state index is -0.781. The molecule has 3 N–H and O–H groups in total. The predicted octanol–water partition coefficient (Wildman–Crippen LogP) is 1.02. The van der Waals surface area contributed by atoms with Gasteiger partial charge in [-0.3, -0.25) is 4.79 Å². The molecule has 2 atom stereocenters. The van der Waals surface area contributed by atoms with E-state index in [4.69, 9.17) is 0 Å². The molecule has 0 amide bonds. The number of carbonyl (C=O) groups is 1. The van der Waals surface area contributed by atoms with E-state index in [0.29, 0.717) is 12.5 Å². The summed E-state index contributed by atoms with van der Waals surface area (Å²) in [5.41, 5.74) is 1.05. The Labute approximate surface area is 107 Å². The molecule has 1 aromatic rings. The summed E-state index contributed by atoms with van der Waals surface area (Å²) in [6, 6.07) is 9.66. The summed E-state index contributed by atoms with van der Waals surface area (Å²) < 4.78 is 0. The Balaban J connectivity index is 1.85. The molecule has 0 unspecified atom stereocenters. The first kappa shape index (κ1) is 13.1. The van der Waals surface area contributed by atoms with Crippen LogP contribution in [0.3, 0.4) is 0 Å². The molecular weight excluding hydrogens is 228 g/mol. The molecule has 0 saturated carbocycles. The van der Waals surface area contributed by atoms with Gasteiger partial charge in [0.15, 0.2) is 0 Å². The van der Waals surface area contributed by atoms with Crippen LogP contribution in [0.1, 0.15) is 18.4 Å². The molecule has 1 saturated heterocycles. The second-order valence-electron chi connectivity index (χ2n) is 4.78. The van der Waals surface area contributed by atoms with Gasteiger partial charge < -0.3 is 15.7 Å². The number of hydrogen-bond acceptors (Lipinski definition) is 3. The Morgan fingerprint density at radius 1 is 1.44 bits per heavy atom. The van der Waals surface area contributed by atoms with Gasteiger partial charge in [-0.2, -0.15) is 0 Å². The van der Waals surface area contributed by atoms with Crippen molar-refractivity contribution in [2.24, 2.45) is 0 Å². The van der Waals surface area contributed by atoms with Crippen LogP contribution in [0.4, 0.5) is 0 Å². The second-order valence-corrected chi connectivity index (χ2v) is 4.78. The Morgan fingerprint density at radius 2 is 2.22 bits per heavy atom. The first-order chi connectivity index (χ1) is 8.75. The molecule has 2 rings (SSSR count). The van der Waals surface area contributed by atoms with Gasteiger partial charge in [0, 0.05) is 12.6 Å². The Bertz CT molecular complexity index is 375. The van der Waals surface area contributed by atoms with Crippen molar-refractivity contribution in [2.45, 2.75) is 31.3 Å². The number of carboxylic acids is 1. The molecule has 1 aromatic carbocycles. The maximum atomic E-state index is 11.2. The van der Waals surface area contributed by atoms with E-state index in [-0.39, 0.29) is 0 Å². The lowest BCUT2D eigenvalue weighted by Gasteiger charge is -2.17. The largest absolute Gasteiger partial charge is 0.480 e. The van der Waals surface area contributed by atoms with Crippen LogP contribution in [0.25, 0.3) is 0 Å². The third-order valence-electron chi connectivity index (χ3n) is 3.35. The SMILES string of the molecule is O=C(O)[C@@H](Cc1ccccc1)NC[C@@H]1CCCN1. The molecule has 18 heavy (non-hydrogen) atoms. The van der Waals surface area contributed by atoms with Crippen LogP contribution in [0.2, 0.25) is 0 Å². The molecule has 4 heteroatoms. The summed E-state index contributed by atoms with van der Waals surface area (Å²) >= 11 is 0. The molecule has 0 bridgehead atoms. The van der Waals surface area contributed by atoms with Crippen molar-refractivity contribution in [1.82, 2.24) is 10.6 Å². The monoisotopic (exact) mass is 248 g/mol. The topological polar surface area (TPSA) is 61.4 Å². The summed E-state index contributed by atoms with van der Waals surface area (Å²) in [6.07, 6.45) is 2.84. The zero-order valence-electron chi connectivity index (χ0n) is 10.4. The number of carboxylic acid groups (broad SMARTS) is 1. The van der Waals surface area contributed by atoms with Crippen LogP contribution >= 0.6 is 0 Å². The highest BCUT2D eigenvalue weighted by molar-refractivity contribution is 5.73. The quantitative estimate of drug-likeness (QED) is 0.703. The van der Waals surface area contributed by atoms with Crippen molar-refractivity contribution in [3.63, 3.8) is 0 Å². The van der Waals surface area contributed by atoms with Crippen LogP contribution in [0.5, 0.6) is 0 Å². The first-order valence-corrected chi connectivity index (χ1v) is 6.49. The Kier molecular flexibility index (Phi) is 4.73. The minimum absolute atomic E-state index is 0.419. The van der Waals surface area contributed by atoms with Crippen LogP contribution in [0, 0.1) is 0 Å². The van der Waals surface area contributed by atoms with Crippen molar-refractivity contribution in [2.75, 3.05) is 13.1 Å². The van der Waals surface area contributed by atoms with Crippen molar-refractivity contribution < 1.29 is 9.90 Å². The zero-order chi connectivity index (χ0) is 12.8. The van der Waals surface area contributed by atoms with Crippen molar-refractivity contribution in [3.8, 4) is 0 Å². The van der Waals surface area contributed by atoms with Gasteiger partial charge in [0.05, 0.1) is 0 Å². The van der Waals surface area contributed by atoms with Gasteiger partial charge in [0.25, 0.3) is 0 Å². The third kappa shape index (κ3) is 3.82. The molecule has 1 aliphatic rings. The molecule has 98 valence electrons. The van der Waals surface area contributed by atoms with Crippen LogP contribution in [-0.4, -0.2) is 36.2 Å². The van der Waals surface area contributed by atoms with Crippen molar-refractivity contribution in [3.05, 3.63) is 35.9 Å². The lowest BCUT2D eigenvalue weighted by atomic mass is 10.1. The zero-order valence-corrected chi connectivity index (χ0v) is 10.4. The minimum Gasteiger partial charge on any atom is -0.480 e. The second kappa shape index (κ2) is 6.52. The van der Waals surface area contributed by atoms with Crippen LogP contribution < -0.4 is 10.6 Å². The number of benzene rings is 1. The maximum absolute atomic E-state index is 11.2. The molecule has 1 heterocycles. The molecule has 4 nitrogen and oxygen atoms in total. The van der Waals surface area contributed by atoms with Gasteiger partial charge in [-0.25, -0.2) is 0 Å². The third-order valence-corrected chi connectivity index (χ3v) is 3.35. The molecule has 0 spiro atoms. The number of nitrogens with one attached hydrogen (secondary N) is 2. The average molecular weight is 248 g/mol. The fraction of sp³-hybridized carbons (Fsp3) is 0.500. The highest BCUT2D eigenvalue weighted by atomic mass is 16.4. The van der Waals surface area contributed by atoms with Crippen molar-refractivity contribution in [1.29, 1.82) is 0 Å². The highest BCUT2D eigenvalue weighted by Crippen LogP contribution is 2.06. The first-order valence-electron chi connectivity index (χ1n) is 6.49. The van der Waals surface area contributed by atoms with Gasteiger partial charge in [-0.05, 0) is 31.4 Å². The van der Waals surface area contributed by atoms with Gasteiger partial charge in [-0.15, -0.1) is 0 Å². The molecule has 1 aliphatic heterocycles. The Hall–Kier alpha value is -1.39. The van der Waals surface area contributed by atoms with E-state index in [2.05, 4.69) is 10.6 Å². The van der Waals surface area contributed by atoms with E-state index in [1.54, 1.807) is 0 Å². The molecule has 0 aromatic heterocycles. The summed E-state index contributed by atoms with van der Waals surface area (Å²) in [5, 5.41) is 15.7. The predicted molar refractivity (Wildman–Crippen MR) is 70.6 cm³/mol. The van der Waals surface area contributed by atoms with Gasteiger partial charge >= 0.3 is 5.97 Å². The van der Waals surface area contributed by atoms with Gasteiger partial charge in [0.2, 0.25) is 0 Å². The van der Waals surface area contributed by atoms with E-state index in [1.807, 2.05) is 30.3 Å². The fourth-order valence-electron chi connectivity index (χ4n) is 2.31. The number of hydrogen-bond donors (Lipinski definition) is 3. The fourth-order valence-corrected chi connectivity index (χ4v) is 2.31. The average Bonchev–Trinajstić information content (AvgIpc) is 2.88.